The lowest BCUT2D eigenvalue weighted by Crippen LogP contribution is -2.44. The van der Waals surface area contributed by atoms with Crippen molar-refractivity contribution in [2.45, 2.75) is 31.7 Å². The Morgan fingerprint density at radius 1 is 1.23 bits per heavy atom. The molecule has 1 saturated heterocycles. The molecule has 5 nitrogen and oxygen atoms in total. The third-order valence-electron chi connectivity index (χ3n) is 4.04. The lowest BCUT2D eigenvalue weighted by Gasteiger charge is -2.32. The van der Waals surface area contributed by atoms with Gasteiger partial charge in [0.2, 0.25) is 0 Å². The number of benzene rings is 1. The Bertz CT molecular complexity index is 482. The summed E-state index contributed by atoms with van der Waals surface area (Å²) in [5.41, 5.74) is 0.711. The van der Waals surface area contributed by atoms with Crippen molar-refractivity contribution in [3.8, 4) is 0 Å². The average Bonchev–Trinajstić information content (AvgIpc) is 2.57. The van der Waals surface area contributed by atoms with Crippen LogP contribution in [0.5, 0.6) is 0 Å². The highest BCUT2D eigenvalue weighted by atomic mass is 16.5. The Hall–Kier alpha value is -1.88. The molecule has 120 valence electrons. The van der Waals surface area contributed by atoms with E-state index in [4.69, 9.17) is 0 Å². The predicted octanol–water partition coefficient (Wildman–Crippen LogP) is 1.83. The first-order valence-electron chi connectivity index (χ1n) is 7.84. The Balaban J connectivity index is 1.67. The van der Waals surface area contributed by atoms with Crippen molar-refractivity contribution >= 4 is 11.9 Å². The van der Waals surface area contributed by atoms with Crippen molar-refractivity contribution in [3.05, 3.63) is 35.9 Å². The quantitative estimate of drug-likeness (QED) is 0.815. The van der Waals surface area contributed by atoms with Crippen LogP contribution in [0.3, 0.4) is 0 Å². The van der Waals surface area contributed by atoms with Crippen LogP contribution in [0.25, 0.3) is 0 Å². The third kappa shape index (κ3) is 5.15. The first kappa shape index (κ1) is 16.5. The van der Waals surface area contributed by atoms with E-state index in [2.05, 4.69) is 15.0 Å². The molecule has 2 rings (SSSR count). The number of methoxy groups -OCH3 is 1. The van der Waals surface area contributed by atoms with Crippen molar-refractivity contribution in [1.82, 2.24) is 10.2 Å². The van der Waals surface area contributed by atoms with Gasteiger partial charge in [-0.3, -0.25) is 9.59 Å². The highest BCUT2D eigenvalue weighted by Crippen LogP contribution is 2.12. The summed E-state index contributed by atoms with van der Waals surface area (Å²) >= 11 is 0. The SMILES string of the molecule is COC(=O)CCCN1CCC(NC(=O)c2ccccc2)CC1. The molecule has 1 aromatic carbocycles. The number of rotatable bonds is 6. The van der Waals surface area contributed by atoms with Crippen LogP contribution < -0.4 is 5.32 Å². The van der Waals surface area contributed by atoms with Gasteiger partial charge in [-0.25, -0.2) is 0 Å². The number of esters is 1. The van der Waals surface area contributed by atoms with Gasteiger partial charge in [0.25, 0.3) is 5.91 Å². The van der Waals surface area contributed by atoms with Crippen LogP contribution in [-0.2, 0) is 9.53 Å². The third-order valence-corrected chi connectivity index (χ3v) is 4.04. The summed E-state index contributed by atoms with van der Waals surface area (Å²) in [5.74, 6) is -0.144. The molecule has 1 amide bonds. The monoisotopic (exact) mass is 304 g/mol. The minimum absolute atomic E-state index is 0.00439. The van der Waals surface area contributed by atoms with Crippen LogP contribution in [-0.4, -0.2) is 49.6 Å². The largest absolute Gasteiger partial charge is 0.469 e. The van der Waals surface area contributed by atoms with Crippen LogP contribution >= 0.6 is 0 Å². The van der Waals surface area contributed by atoms with E-state index in [9.17, 15) is 9.59 Å². The molecule has 0 aliphatic carbocycles. The molecule has 0 aromatic heterocycles. The number of carbonyl (C=O) groups excluding carboxylic acids is 2. The highest BCUT2D eigenvalue weighted by Gasteiger charge is 2.20. The topological polar surface area (TPSA) is 58.6 Å². The smallest absolute Gasteiger partial charge is 0.305 e. The summed E-state index contributed by atoms with van der Waals surface area (Å²) in [5, 5.41) is 3.10. The minimum atomic E-state index is -0.148. The molecule has 0 bridgehead atoms. The molecule has 1 aliphatic rings. The number of likely N-dealkylation sites (tertiary alicyclic amines) is 1. The zero-order chi connectivity index (χ0) is 15.8. The molecular weight excluding hydrogens is 280 g/mol. The van der Waals surface area contributed by atoms with Gasteiger partial charge >= 0.3 is 5.97 Å². The first-order chi connectivity index (χ1) is 10.7. The fraction of sp³-hybridized carbons (Fsp3) is 0.529. The number of ether oxygens (including phenoxy) is 1. The Morgan fingerprint density at radius 3 is 2.55 bits per heavy atom. The van der Waals surface area contributed by atoms with Gasteiger partial charge in [0.05, 0.1) is 7.11 Å². The van der Waals surface area contributed by atoms with Crippen LogP contribution in [0.4, 0.5) is 0 Å². The van der Waals surface area contributed by atoms with E-state index in [0.717, 1.165) is 38.9 Å². The molecule has 22 heavy (non-hydrogen) atoms. The molecule has 1 aromatic rings. The minimum Gasteiger partial charge on any atom is -0.469 e. The van der Waals surface area contributed by atoms with E-state index in [1.54, 1.807) is 0 Å². The Morgan fingerprint density at radius 2 is 1.91 bits per heavy atom. The van der Waals surface area contributed by atoms with Crippen molar-refractivity contribution in [1.29, 1.82) is 0 Å². The summed E-state index contributed by atoms with van der Waals surface area (Å²) in [6, 6.07) is 9.56. The summed E-state index contributed by atoms with van der Waals surface area (Å²) in [6.07, 6.45) is 3.21. The van der Waals surface area contributed by atoms with Crippen LogP contribution in [0, 0.1) is 0 Å². The van der Waals surface area contributed by atoms with Crippen LogP contribution in [0.2, 0.25) is 0 Å². The van der Waals surface area contributed by atoms with E-state index >= 15 is 0 Å². The fourth-order valence-electron chi connectivity index (χ4n) is 2.71. The number of nitrogens with zero attached hydrogens (tertiary/aromatic N) is 1. The number of hydrogen-bond donors (Lipinski definition) is 1. The van der Waals surface area contributed by atoms with Crippen LogP contribution in [0.15, 0.2) is 30.3 Å². The first-order valence-corrected chi connectivity index (χ1v) is 7.84. The molecule has 0 atom stereocenters. The van der Waals surface area contributed by atoms with Crippen molar-refractivity contribution < 1.29 is 14.3 Å². The maximum absolute atomic E-state index is 12.1. The molecule has 0 radical (unpaired) electrons. The number of hydrogen-bond acceptors (Lipinski definition) is 4. The van der Waals surface area contributed by atoms with E-state index in [0.29, 0.717) is 12.0 Å². The van der Waals surface area contributed by atoms with Crippen LogP contribution in [0.1, 0.15) is 36.0 Å². The van der Waals surface area contributed by atoms with Gasteiger partial charge in [-0.05, 0) is 37.9 Å². The number of amides is 1. The molecule has 5 heteroatoms. The maximum atomic E-state index is 12.1. The number of piperidine rings is 1. The standard InChI is InChI=1S/C17H24N2O3/c1-22-16(20)8-5-11-19-12-9-15(10-13-19)18-17(21)14-6-3-2-4-7-14/h2-4,6-7,15H,5,8-13H2,1H3,(H,18,21). The van der Waals surface area contributed by atoms with E-state index in [1.165, 1.54) is 7.11 Å². The number of nitrogens with one attached hydrogen (secondary N) is 1. The van der Waals surface area contributed by atoms with E-state index in [-0.39, 0.29) is 17.9 Å². The average molecular weight is 304 g/mol. The summed E-state index contributed by atoms with van der Waals surface area (Å²) < 4.78 is 4.64. The Kier molecular flexibility index (Phi) is 6.40. The van der Waals surface area contributed by atoms with Gasteiger partial charge in [-0.2, -0.15) is 0 Å². The number of carbonyl (C=O) groups is 2. The normalized spacial score (nSPS) is 16.2. The van der Waals surface area contributed by atoms with Crippen molar-refractivity contribution in [2.24, 2.45) is 0 Å². The van der Waals surface area contributed by atoms with E-state index < -0.39 is 0 Å². The maximum Gasteiger partial charge on any atom is 0.305 e. The second-order valence-electron chi connectivity index (χ2n) is 5.64. The van der Waals surface area contributed by atoms with Gasteiger partial charge in [-0.15, -0.1) is 0 Å². The van der Waals surface area contributed by atoms with Gasteiger partial charge in [0, 0.05) is 31.1 Å². The highest BCUT2D eigenvalue weighted by molar-refractivity contribution is 5.94. The van der Waals surface area contributed by atoms with E-state index in [1.807, 2.05) is 30.3 Å². The lowest BCUT2D eigenvalue weighted by molar-refractivity contribution is -0.140. The molecule has 0 unspecified atom stereocenters. The molecule has 1 fully saturated rings. The molecular formula is C17H24N2O3. The summed E-state index contributed by atoms with van der Waals surface area (Å²) in [6.45, 7) is 2.83. The lowest BCUT2D eigenvalue weighted by atomic mass is 10.0. The van der Waals surface area contributed by atoms with Crippen molar-refractivity contribution in [2.75, 3.05) is 26.7 Å². The Labute approximate surface area is 131 Å². The second kappa shape index (κ2) is 8.54. The molecule has 1 N–H and O–H groups in total. The zero-order valence-electron chi connectivity index (χ0n) is 13.1. The second-order valence-corrected chi connectivity index (χ2v) is 5.64. The summed E-state index contributed by atoms with van der Waals surface area (Å²) in [4.78, 5) is 25.5. The van der Waals surface area contributed by atoms with Gasteiger partial charge in [0.15, 0.2) is 0 Å². The molecule has 1 aliphatic heterocycles. The predicted molar refractivity (Wildman–Crippen MR) is 84.6 cm³/mol. The van der Waals surface area contributed by atoms with Gasteiger partial charge in [0.1, 0.15) is 0 Å². The van der Waals surface area contributed by atoms with Crippen molar-refractivity contribution in [3.63, 3.8) is 0 Å². The molecule has 0 saturated carbocycles. The zero-order valence-corrected chi connectivity index (χ0v) is 13.1. The molecule has 1 heterocycles. The van der Waals surface area contributed by atoms with Gasteiger partial charge < -0.3 is 15.0 Å². The fourth-order valence-corrected chi connectivity index (χ4v) is 2.71. The summed E-state index contributed by atoms with van der Waals surface area (Å²) in [7, 11) is 1.42. The van der Waals surface area contributed by atoms with Gasteiger partial charge in [-0.1, -0.05) is 18.2 Å². The molecule has 0 spiro atoms.